The van der Waals surface area contributed by atoms with Crippen molar-refractivity contribution in [3.05, 3.63) is 28.8 Å². The van der Waals surface area contributed by atoms with Crippen molar-refractivity contribution in [1.82, 2.24) is 4.31 Å². The monoisotopic (exact) mass is 298 g/mol. The van der Waals surface area contributed by atoms with E-state index < -0.39 is 10.0 Å². The summed E-state index contributed by atoms with van der Waals surface area (Å²) in [6.07, 6.45) is 1.89. The van der Waals surface area contributed by atoms with Crippen molar-refractivity contribution in [2.75, 3.05) is 13.1 Å². The maximum Gasteiger partial charge on any atom is 0.243 e. The van der Waals surface area contributed by atoms with Gasteiger partial charge in [0.2, 0.25) is 10.0 Å². The molecule has 1 fully saturated rings. The molecule has 1 atom stereocenters. The Hall–Kier alpha value is -1.09. The molecule has 0 radical (unpaired) electrons. The molecule has 0 bridgehead atoms. The molecular weight excluding hydrogens is 284 g/mol. The third-order valence-electron chi connectivity index (χ3n) is 3.52. The highest BCUT2D eigenvalue weighted by molar-refractivity contribution is 7.89. The molecular formula is C13H15ClN2O2S. The Labute approximate surface area is 118 Å². The summed E-state index contributed by atoms with van der Waals surface area (Å²) in [4.78, 5) is 0.160. The quantitative estimate of drug-likeness (QED) is 0.862. The Bertz CT molecular complexity index is 622. The van der Waals surface area contributed by atoms with Gasteiger partial charge in [-0.2, -0.15) is 9.57 Å². The maximum atomic E-state index is 12.4. The summed E-state index contributed by atoms with van der Waals surface area (Å²) < 4.78 is 26.4. The van der Waals surface area contributed by atoms with Crippen LogP contribution in [0.5, 0.6) is 0 Å². The Morgan fingerprint density at radius 3 is 2.79 bits per heavy atom. The lowest BCUT2D eigenvalue weighted by Gasteiger charge is -2.16. The molecule has 1 aromatic rings. The van der Waals surface area contributed by atoms with Gasteiger partial charge in [-0.3, -0.25) is 0 Å². The first-order valence-electron chi connectivity index (χ1n) is 6.18. The summed E-state index contributed by atoms with van der Waals surface area (Å²) in [5.41, 5.74) is 0.286. The standard InChI is InChI=1S/C13H15ClN2O2S/c1-2-10-5-6-16(9-10)19(17,18)12-4-3-11(8-15)13(14)7-12/h3-4,7,10H,2,5-6,9H2,1H3. The number of hydrogen-bond acceptors (Lipinski definition) is 3. The van der Waals surface area contributed by atoms with Gasteiger partial charge < -0.3 is 0 Å². The van der Waals surface area contributed by atoms with Crippen molar-refractivity contribution in [1.29, 1.82) is 5.26 Å². The van der Waals surface area contributed by atoms with Gasteiger partial charge in [0, 0.05) is 13.1 Å². The molecule has 4 nitrogen and oxygen atoms in total. The average Bonchev–Trinajstić information content (AvgIpc) is 2.88. The first kappa shape index (κ1) is 14.3. The van der Waals surface area contributed by atoms with Gasteiger partial charge >= 0.3 is 0 Å². The van der Waals surface area contributed by atoms with E-state index in [1.54, 1.807) is 0 Å². The Morgan fingerprint density at radius 1 is 1.53 bits per heavy atom. The van der Waals surface area contributed by atoms with Gasteiger partial charge in [-0.05, 0) is 30.5 Å². The van der Waals surface area contributed by atoms with Crippen LogP contribution in [0.4, 0.5) is 0 Å². The molecule has 1 saturated heterocycles. The van der Waals surface area contributed by atoms with E-state index in [2.05, 4.69) is 6.92 Å². The van der Waals surface area contributed by atoms with E-state index in [-0.39, 0.29) is 15.5 Å². The van der Waals surface area contributed by atoms with Crippen LogP contribution in [0.15, 0.2) is 23.1 Å². The largest absolute Gasteiger partial charge is 0.243 e. The third kappa shape index (κ3) is 2.76. The van der Waals surface area contributed by atoms with E-state index in [4.69, 9.17) is 16.9 Å². The summed E-state index contributed by atoms with van der Waals surface area (Å²) in [7, 11) is -3.49. The fraction of sp³-hybridized carbons (Fsp3) is 0.462. The van der Waals surface area contributed by atoms with E-state index >= 15 is 0 Å². The molecule has 0 saturated carbocycles. The number of rotatable bonds is 3. The number of nitrogens with zero attached hydrogens (tertiary/aromatic N) is 2. The first-order valence-corrected chi connectivity index (χ1v) is 8.00. The second-order valence-corrected chi connectivity index (χ2v) is 7.02. The van der Waals surface area contributed by atoms with Crippen LogP contribution < -0.4 is 0 Å². The van der Waals surface area contributed by atoms with Crippen LogP contribution in [0.1, 0.15) is 25.3 Å². The van der Waals surface area contributed by atoms with E-state index in [0.29, 0.717) is 19.0 Å². The molecule has 0 aliphatic carbocycles. The highest BCUT2D eigenvalue weighted by Crippen LogP contribution is 2.28. The van der Waals surface area contributed by atoms with Crippen molar-refractivity contribution >= 4 is 21.6 Å². The lowest BCUT2D eigenvalue weighted by Crippen LogP contribution is -2.28. The van der Waals surface area contributed by atoms with Gasteiger partial charge in [-0.15, -0.1) is 0 Å². The molecule has 2 rings (SSSR count). The molecule has 1 heterocycles. The SMILES string of the molecule is CCC1CCN(S(=O)(=O)c2ccc(C#N)c(Cl)c2)C1. The maximum absolute atomic E-state index is 12.4. The van der Waals surface area contributed by atoms with Crippen molar-refractivity contribution in [2.45, 2.75) is 24.7 Å². The zero-order valence-corrected chi connectivity index (χ0v) is 12.2. The van der Waals surface area contributed by atoms with Gasteiger partial charge in [0.05, 0.1) is 15.5 Å². The van der Waals surface area contributed by atoms with Crippen LogP contribution in [0, 0.1) is 17.2 Å². The second kappa shape index (κ2) is 5.49. The number of nitriles is 1. The first-order chi connectivity index (χ1) is 8.98. The minimum atomic E-state index is -3.49. The predicted octanol–water partition coefficient (Wildman–Crippen LogP) is 2.63. The van der Waals surface area contributed by atoms with Gasteiger partial charge in [-0.1, -0.05) is 24.9 Å². The topological polar surface area (TPSA) is 61.2 Å². The fourth-order valence-corrected chi connectivity index (χ4v) is 4.09. The predicted molar refractivity (Wildman–Crippen MR) is 73.3 cm³/mol. The molecule has 1 aliphatic rings. The van der Waals surface area contributed by atoms with Crippen molar-refractivity contribution < 1.29 is 8.42 Å². The number of sulfonamides is 1. The van der Waals surface area contributed by atoms with Gasteiger partial charge in [-0.25, -0.2) is 8.42 Å². The molecule has 1 unspecified atom stereocenters. The summed E-state index contributed by atoms with van der Waals surface area (Å²) in [5, 5.41) is 8.97. The molecule has 1 aromatic carbocycles. The van der Waals surface area contributed by atoms with E-state index in [9.17, 15) is 8.42 Å². The summed E-state index contributed by atoms with van der Waals surface area (Å²) >= 11 is 5.89. The molecule has 6 heteroatoms. The molecule has 19 heavy (non-hydrogen) atoms. The molecule has 0 aromatic heterocycles. The van der Waals surface area contributed by atoms with Crippen molar-refractivity contribution in [3.8, 4) is 6.07 Å². The normalized spacial score (nSPS) is 20.4. The van der Waals surface area contributed by atoms with E-state index in [1.807, 2.05) is 6.07 Å². The van der Waals surface area contributed by atoms with Crippen LogP contribution in [0.2, 0.25) is 5.02 Å². The highest BCUT2D eigenvalue weighted by atomic mass is 35.5. The number of benzene rings is 1. The lowest BCUT2D eigenvalue weighted by molar-refractivity contribution is 0.453. The third-order valence-corrected chi connectivity index (χ3v) is 5.70. The van der Waals surface area contributed by atoms with Gasteiger partial charge in [0.1, 0.15) is 6.07 Å². The van der Waals surface area contributed by atoms with Gasteiger partial charge in [0.15, 0.2) is 0 Å². The van der Waals surface area contributed by atoms with Crippen molar-refractivity contribution in [3.63, 3.8) is 0 Å². The summed E-state index contributed by atoms with van der Waals surface area (Å²) in [6, 6.07) is 6.17. The second-order valence-electron chi connectivity index (χ2n) is 4.68. The van der Waals surface area contributed by atoms with Gasteiger partial charge in [0.25, 0.3) is 0 Å². The van der Waals surface area contributed by atoms with Crippen LogP contribution in [0.3, 0.4) is 0 Å². The molecule has 0 spiro atoms. The zero-order chi connectivity index (χ0) is 14.0. The highest BCUT2D eigenvalue weighted by Gasteiger charge is 2.31. The summed E-state index contributed by atoms with van der Waals surface area (Å²) in [5.74, 6) is 0.434. The minimum absolute atomic E-state index is 0.160. The fourth-order valence-electron chi connectivity index (χ4n) is 2.24. The van der Waals surface area contributed by atoms with E-state index in [0.717, 1.165) is 12.8 Å². The van der Waals surface area contributed by atoms with E-state index in [1.165, 1.54) is 22.5 Å². The minimum Gasteiger partial charge on any atom is -0.207 e. The Balaban J connectivity index is 2.31. The molecule has 0 N–H and O–H groups in total. The molecule has 0 amide bonds. The van der Waals surface area contributed by atoms with Crippen LogP contribution in [0.25, 0.3) is 0 Å². The smallest absolute Gasteiger partial charge is 0.207 e. The lowest BCUT2D eigenvalue weighted by atomic mass is 10.1. The average molecular weight is 299 g/mol. The van der Waals surface area contributed by atoms with Crippen LogP contribution in [-0.2, 0) is 10.0 Å². The molecule has 102 valence electrons. The molecule has 1 aliphatic heterocycles. The van der Waals surface area contributed by atoms with Crippen LogP contribution >= 0.6 is 11.6 Å². The van der Waals surface area contributed by atoms with Crippen molar-refractivity contribution in [2.24, 2.45) is 5.92 Å². The Morgan fingerprint density at radius 2 is 2.26 bits per heavy atom. The van der Waals surface area contributed by atoms with Crippen LogP contribution in [-0.4, -0.2) is 25.8 Å². The Kier molecular flexibility index (Phi) is 4.14. The number of hydrogen-bond donors (Lipinski definition) is 0. The number of halogens is 1. The summed E-state index contributed by atoms with van der Waals surface area (Å²) in [6.45, 7) is 3.19. The zero-order valence-electron chi connectivity index (χ0n) is 10.6.